The van der Waals surface area contributed by atoms with Gasteiger partial charge in [-0.25, -0.2) is 9.97 Å². The number of hydrogen-bond donors (Lipinski definition) is 4. The normalized spacial score (nSPS) is 9.65. The van der Waals surface area contributed by atoms with Gasteiger partial charge in [-0.15, -0.1) is 42.3 Å². The highest BCUT2D eigenvalue weighted by molar-refractivity contribution is 5.85. The quantitative estimate of drug-likeness (QED) is 0.0297. The van der Waals surface area contributed by atoms with E-state index in [4.69, 9.17) is 23.4 Å². The Balaban J connectivity index is 0.000000391. The standard InChI is InChI=1S/C17H22N6.C9H11N3.C8H11N3.2ClH/c18-17-19-12-15(20-17)9-4-10-16-13-23(22-21-16)11-5-8-14-6-2-1-3-7-14;10-12-11-8-4-7-9-5-2-1-3-6-9;1-2-3-4-5-7-6-10-8(9)11-7;;/h1-3,6-7,12-13H,4-5,8-11H2,(H3,18,19,20);1-3,5-6H,4,7-8H2;1,6H,3-5H2,(H3,9,10,11);2*1H. The second-order valence-corrected chi connectivity index (χ2v) is 10.6. The first-order chi connectivity index (χ1) is 22.6. The number of rotatable bonds is 15. The van der Waals surface area contributed by atoms with Crippen molar-refractivity contribution in [3.63, 3.8) is 0 Å². The van der Waals surface area contributed by atoms with Gasteiger partial charge in [-0.3, -0.25) is 4.68 Å². The van der Waals surface area contributed by atoms with Crippen molar-refractivity contribution in [3.8, 4) is 12.3 Å². The van der Waals surface area contributed by atoms with Crippen molar-refractivity contribution >= 4 is 36.7 Å². The van der Waals surface area contributed by atoms with E-state index in [1.807, 2.05) is 35.1 Å². The highest BCUT2D eigenvalue weighted by Gasteiger charge is 2.03. The predicted molar refractivity (Wildman–Crippen MR) is 198 cm³/mol. The van der Waals surface area contributed by atoms with Crippen LogP contribution in [-0.2, 0) is 38.6 Å². The van der Waals surface area contributed by atoms with Crippen molar-refractivity contribution in [1.29, 1.82) is 0 Å². The Morgan fingerprint density at radius 1 is 0.771 bits per heavy atom. The minimum Gasteiger partial charge on any atom is -0.369 e. The average Bonchev–Trinajstić information content (AvgIpc) is 3.83. The first kappa shape index (κ1) is 41.1. The fourth-order valence-corrected chi connectivity index (χ4v) is 4.54. The van der Waals surface area contributed by atoms with Gasteiger partial charge in [-0.2, -0.15) is 0 Å². The molecule has 0 aliphatic rings. The maximum absolute atomic E-state index is 8.02. The Labute approximate surface area is 295 Å². The summed E-state index contributed by atoms with van der Waals surface area (Å²) in [6.45, 7) is 1.49. The molecule has 0 amide bonds. The molecule has 0 unspecified atom stereocenters. The molecule has 0 atom stereocenters. The van der Waals surface area contributed by atoms with Crippen LogP contribution in [0.4, 0.5) is 11.9 Å². The van der Waals surface area contributed by atoms with Crippen molar-refractivity contribution in [1.82, 2.24) is 34.9 Å². The molecule has 256 valence electrons. The Kier molecular flexibility index (Phi) is 21.5. The molecule has 5 aromatic rings. The smallest absolute Gasteiger partial charge is 0.197 e. The monoisotopic (exact) mass is 692 g/mol. The molecule has 0 radical (unpaired) electrons. The van der Waals surface area contributed by atoms with E-state index in [0.29, 0.717) is 18.4 Å². The van der Waals surface area contributed by atoms with Crippen molar-refractivity contribution in [3.05, 3.63) is 118 Å². The van der Waals surface area contributed by atoms with E-state index in [9.17, 15) is 0 Å². The molecule has 3 heterocycles. The van der Waals surface area contributed by atoms with Gasteiger partial charge in [0.25, 0.3) is 0 Å². The molecule has 14 heteroatoms. The third kappa shape index (κ3) is 17.7. The summed E-state index contributed by atoms with van der Waals surface area (Å²) in [6.07, 6.45) is 20.3. The fraction of sp³-hybridized carbons (Fsp3) is 0.353. The van der Waals surface area contributed by atoms with Crippen LogP contribution in [0.25, 0.3) is 10.4 Å². The third-order valence-corrected chi connectivity index (χ3v) is 6.85. The zero-order valence-corrected chi connectivity index (χ0v) is 28.8. The molecule has 0 saturated heterocycles. The number of anilines is 2. The summed E-state index contributed by atoms with van der Waals surface area (Å²) in [4.78, 5) is 16.5. The van der Waals surface area contributed by atoms with E-state index in [0.717, 1.165) is 87.8 Å². The molecular formula is C34H46Cl2N12. The van der Waals surface area contributed by atoms with Gasteiger partial charge in [0.1, 0.15) is 0 Å². The largest absolute Gasteiger partial charge is 0.369 e. The molecule has 0 fully saturated rings. The van der Waals surface area contributed by atoms with Crippen molar-refractivity contribution < 1.29 is 0 Å². The number of imidazole rings is 2. The minimum absolute atomic E-state index is 0. The number of terminal acetylenes is 1. The lowest BCUT2D eigenvalue weighted by Gasteiger charge is -2.01. The number of nitrogen functional groups attached to an aromatic ring is 2. The lowest BCUT2D eigenvalue weighted by Crippen LogP contribution is -2.00. The van der Waals surface area contributed by atoms with Crippen LogP contribution in [0.5, 0.6) is 0 Å². The van der Waals surface area contributed by atoms with E-state index in [1.165, 1.54) is 11.1 Å². The Morgan fingerprint density at radius 3 is 1.85 bits per heavy atom. The Hall–Kier alpha value is -4.95. The van der Waals surface area contributed by atoms with Crippen molar-refractivity contribution in [2.45, 2.75) is 70.8 Å². The van der Waals surface area contributed by atoms with Gasteiger partial charge in [-0.05, 0) is 74.4 Å². The molecule has 48 heavy (non-hydrogen) atoms. The number of azide groups is 1. The summed E-state index contributed by atoms with van der Waals surface area (Å²) < 4.78 is 1.94. The minimum atomic E-state index is 0. The molecule has 0 bridgehead atoms. The summed E-state index contributed by atoms with van der Waals surface area (Å²) >= 11 is 0. The maximum atomic E-state index is 8.02. The van der Waals surface area contributed by atoms with Gasteiger partial charge in [0.05, 0.1) is 18.1 Å². The topological polar surface area (TPSA) is 189 Å². The summed E-state index contributed by atoms with van der Waals surface area (Å²) in [6, 6.07) is 20.7. The summed E-state index contributed by atoms with van der Waals surface area (Å²) in [5.41, 5.74) is 24.8. The lowest BCUT2D eigenvalue weighted by atomic mass is 10.1. The van der Waals surface area contributed by atoms with Gasteiger partial charge in [-0.1, -0.05) is 71.0 Å². The third-order valence-electron chi connectivity index (χ3n) is 6.85. The van der Waals surface area contributed by atoms with Crippen LogP contribution in [0.2, 0.25) is 0 Å². The molecule has 0 saturated carbocycles. The van der Waals surface area contributed by atoms with Crippen LogP contribution in [0.3, 0.4) is 0 Å². The zero-order valence-electron chi connectivity index (χ0n) is 27.1. The molecule has 2 aromatic carbocycles. The van der Waals surface area contributed by atoms with Crippen LogP contribution in [0, 0.1) is 12.3 Å². The van der Waals surface area contributed by atoms with Crippen LogP contribution in [0.1, 0.15) is 60.3 Å². The second-order valence-electron chi connectivity index (χ2n) is 10.6. The number of nitrogens with zero attached hydrogens (tertiary/aromatic N) is 8. The summed E-state index contributed by atoms with van der Waals surface area (Å²) in [5, 5.41) is 11.9. The number of nitrogens with one attached hydrogen (secondary N) is 2. The predicted octanol–water partition coefficient (Wildman–Crippen LogP) is 7.11. The molecule has 0 spiro atoms. The van der Waals surface area contributed by atoms with Gasteiger partial charge in [0, 0.05) is 42.0 Å². The van der Waals surface area contributed by atoms with Gasteiger partial charge >= 0.3 is 0 Å². The number of halogens is 2. The number of aromatic amines is 2. The summed E-state index contributed by atoms with van der Waals surface area (Å²) in [5.74, 6) is 3.53. The Bertz CT molecular complexity index is 1600. The van der Waals surface area contributed by atoms with Crippen LogP contribution in [-0.4, -0.2) is 41.5 Å². The first-order valence-electron chi connectivity index (χ1n) is 15.6. The number of benzene rings is 2. The van der Waals surface area contributed by atoms with Crippen molar-refractivity contribution in [2.24, 2.45) is 5.11 Å². The van der Waals surface area contributed by atoms with Gasteiger partial charge in [0.15, 0.2) is 11.9 Å². The Morgan fingerprint density at radius 2 is 1.33 bits per heavy atom. The fourth-order valence-electron chi connectivity index (χ4n) is 4.54. The maximum Gasteiger partial charge on any atom is 0.197 e. The molecule has 3 aromatic heterocycles. The van der Waals surface area contributed by atoms with E-state index in [-0.39, 0.29) is 24.8 Å². The van der Waals surface area contributed by atoms with E-state index in [2.05, 4.69) is 82.6 Å². The highest BCUT2D eigenvalue weighted by Crippen LogP contribution is 2.08. The van der Waals surface area contributed by atoms with Crippen molar-refractivity contribution in [2.75, 3.05) is 18.0 Å². The SMILES string of the molecule is C#CCCCc1cnc(N)[nH]1.Cl.Cl.Nc1ncc(CCCc2cn(CCCc3ccccc3)nn2)[nH]1.[N-]=[N+]=NCCCc1ccccc1. The number of H-pyrrole nitrogens is 2. The van der Waals surface area contributed by atoms with Crippen LogP contribution < -0.4 is 11.5 Å². The zero-order chi connectivity index (χ0) is 32.7. The average molecular weight is 694 g/mol. The number of unbranched alkanes of at least 4 members (excludes halogenated alkanes) is 1. The van der Waals surface area contributed by atoms with E-state index >= 15 is 0 Å². The number of hydrogen-bond acceptors (Lipinski definition) is 7. The van der Waals surface area contributed by atoms with Crippen LogP contribution in [0.15, 0.2) is 84.4 Å². The van der Waals surface area contributed by atoms with E-state index < -0.39 is 0 Å². The summed E-state index contributed by atoms with van der Waals surface area (Å²) in [7, 11) is 0. The number of aryl methyl sites for hydroxylation is 6. The molecule has 0 aliphatic carbocycles. The number of aromatic nitrogens is 7. The molecular weight excluding hydrogens is 647 g/mol. The van der Waals surface area contributed by atoms with Gasteiger partial charge in [0.2, 0.25) is 0 Å². The molecule has 0 aliphatic heterocycles. The van der Waals surface area contributed by atoms with Crippen LogP contribution >= 0.6 is 24.8 Å². The van der Waals surface area contributed by atoms with E-state index in [1.54, 1.807) is 12.4 Å². The second kappa shape index (κ2) is 25.2. The highest BCUT2D eigenvalue weighted by atomic mass is 35.5. The molecule has 12 nitrogen and oxygen atoms in total. The molecule has 5 rings (SSSR count). The lowest BCUT2D eigenvalue weighted by molar-refractivity contribution is 0.558. The number of nitrogens with two attached hydrogens (primary N) is 2. The molecule has 6 N–H and O–H groups in total. The van der Waals surface area contributed by atoms with Gasteiger partial charge < -0.3 is 21.4 Å². The first-order valence-corrected chi connectivity index (χ1v) is 15.6.